The molecule has 2 aromatic carbocycles. The van der Waals surface area contributed by atoms with Gasteiger partial charge < -0.3 is 20.5 Å². The summed E-state index contributed by atoms with van der Waals surface area (Å²) in [6.45, 7) is 2.01. The number of fused-ring (bicyclic) bond motifs is 1. The Bertz CT molecular complexity index is 1280. The predicted octanol–water partition coefficient (Wildman–Crippen LogP) is 5.65. The van der Waals surface area contributed by atoms with Gasteiger partial charge in [0.2, 0.25) is 0 Å². The van der Waals surface area contributed by atoms with Crippen LogP contribution >= 0.6 is 11.8 Å². The number of aromatic nitrogens is 1. The molecule has 2 unspecified atom stereocenters. The molecule has 2 heterocycles. The zero-order valence-corrected chi connectivity index (χ0v) is 22.0. The van der Waals surface area contributed by atoms with Gasteiger partial charge in [-0.25, -0.2) is 13.2 Å². The molecule has 10 heteroatoms. The first kappa shape index (κ1) is 28.2. The number of rotatable bonds is 11. The van der Waals surface area contributed by atoms with Crippen LogP contribution in [0.25, 0.3) is 10.9 Å². The Morgan fingerprint density at radius 1 is 1.21 bits per heavy atom. The minimum absolute atomic E-state index is 0.0336. The van der Waals surface area contributed by atoms with Gasteiger partial charge in [-0.15, -0.1) is 11.8 Å². The van der Waals surface area contributed by atoms with Crippen molar-refractivity contribution in [3.8, 4) is 5.75 Å². The van der Waals surface area contributed by atoms with E-state index in [0.717, 1.165) is 25.1 Å². The summed E-state index contributed by atoms with van der Waals surface area (Å²) in [6, 6.07) is 8.09. The number of piperidine rings is 1. The first-order chi connectivity index (χ1) is 18.2. The second kappa shape index (κ2) is 12.8. The molecule has 204 valence electrons. The fraction of sp³-hybridized carbons (Fsp3) is 0.429. The lowest BCUT2D eigenvalue weighted by molar-refractivity contribution is -0.139. The van der Waals surface area contributed by atoms with Crippen molar-refractivity contribution in [2.24, 2.45) is 17.6 Å². The van der Waals surface area contributed by atoms with Crippen molar-refractivity contribution in [3.05, 3.63) is 65.6 Å². The number of ether oxygens (including phenoxy) is 1. The number of likely N-dealkylation sites (tertiary alicyclic amines) is 1. The predicted molar refractivity (Wildman–Crippen MR) is 142 cm³/mol. The molecule has 1 aliphatic rings. The Kier molecular flexibility index (Phi) is 9.51. The van der Waals surface area contributed by atoms with Gasteiger partial charge in [0.15, 0.2) is 0 Å². The van der Waals surface area contributed by atoms with Crippen molar-refractivity contribution < 1.29 is 27.8 Å². The van der Waals surface area contributed by atoms with Crippen molar-refractivity contribution in [1.29, 1.82) is 0 Å². The maximum atomic E-state index is 14.8. The highest BCUT2D eigenvalue weighted by atomic mass is 32.2. The molecular formula is C28H32F3N3O3S. The van der Waals surface area contributed by atoms with Crippen LogP contribution in [0.1, 0.15) is 37.3 Å². The zero-order chi connectivity index (χ0) is 27.2. The lowest BCUT2D eigenvalue weighted by Gasteiger charge is -2.38. The summed E-state index contributed by atoms with van der Waals surface area (Å²) < 4.78 is 47.5. The largest absolute Gasteiger partial charge is 0.497 e. The third-order valence-electron chi connectivity index (χ3n) is 7.26. The number of methoxy groups -OCH3 is 1. The van der Waals surface area contributed by atoms with Crippen molar-refractivity contribution in [2.75, 3.05) is 32.5 Å². The summed E-state index contributed by atoms with van der Waals surface area (Å²) in [5.41, 5.74) is 7.51. The number of carboxylic acid groups (broad SMARTS) is 1. The zero-order valence-electron chi connectivity index (χ0n) is 21.2. The minimum Gasteiger partial charge on any atom is -0.497 e. The van der Waals surface area contributed by atoms with Crippen LogP contribution < -0.4 is 10.5 Å². The van der Waals surface area contributed by atoms with Crippen LogP contribution in [0.15, 0.2) is 47.5 Å². The number of carboxylic acids is 1. The molecule has 0 saturated carbocycles. The monoisotopic (exact) mass is 547 g/mol. The molecule has 6 nitrogen and oxygen atoms in total. The number of benzene rings is 2. The third kappa shape index (κ3) is 6.98. The van der Waals surface area contributed by atoms with Crippen LogP contribution in [-0.4, -0.2) is 53.5 Å². The van der Waals surface area contributed by atoms with Gasteiger partial charge in [-0.3, -0.25) is 9.78 Å². The standard InChI is InChI=1S/C28H32F3N3O3S/c1-37-20-4-7-25-21(14-20)28(23(31)15-33-25)24(32)6-2-17-8-9-34(16-18(17)12-27(35)36)10-11-38-26-13-19(29)3-5-22(26)30/h3-5,7,13-15,17-18,24H,2,6,8-12,16,32H2,1H3,(H,35,36)/t17?,18?,24-/m1/s1. The van der Waals surface area contributed by atoms with E-state index in [2.05, 4.69) is 9.88 Å². The second-order valence-corrected chi connectivity index (χ2v) is 10.9. The van der Waals surface area contributed by atoms with Gasteiger partial charge in [0.25, 0.3) is 0 Å². The molecular weight excluding hydrogens is 515 g/mol. The molecule has 1 aromatic heterocycles. The van der Waals surface area contributed by atoms with Gasteiger partial charge in [-0.2, -0.15) is 0 Å². The number of hydrogen-bond acceptors (Lipinski definition) is 6. The van der Waals surface area contributed by atoms with E-state index in [1.807, 2.05) is 0 Å². The molecule has 1 saturated heterocycles. The highest BCUT2D eigenvalue weighted by Gasteiger charge is 2.31. The van der Waals surface area contributed by atoms with E-state index in [-0.39, 0.29) is 23.2 Å². The van der Waals surface area contributed by atoms with E-state index in [0.29, 0.717) is 53.9 Å². The van der Waals surface area contributed by atoms with E-state index < -0.39 is 29.5 Å². The third-order valence-corrected chi connectivity index (χ3v) is 8.27. The molecule has 0 radical (unpaired) electrons. The Hall–Kier alpha value is -2.82. The molecule has 0 aliphatic carbocycles. The average Bonchev–Trinajstić information content (AvgIpc) is 2.89. The number of carbonyl (C=O) groups is 1. The number of nitrogens with zero attached hydrogens (tertiary/aromatic N) is 2. The first-order valence-corrected chi connectivity index (χ1v) is 13.6. The van der Waals surface area contributed by atoms with E-state index in [1.165, 1.54) is 24.0 Å². The van der Waals surface area contributed by atoms with E-state index in [4.69, 9.17) is 10.5 Å². The van der Waals surface area contributed by atoms with Crippen molar-refractivity contribution in [3.63, 3.8) is 0 Å². The molecule has 38 heavy (non-hydrogen) atoms. The SMILES string of the molecule is COc1ccc2ncc(F)c([C@H](N)CCC3CCN(CCSc4cc(F)ccc4F)CC3CC(=O)O)c2c1. The van der Waals surface area contributed by atoms with Crippen LogP contribution in [0, 0.1) is 29.3 Å². The molecule has 3 aromatic rings. The molecule has 1 fully saturated rings. The Morgan fingerprint density at radius 2 is 2.03 bits per heavy atom. The fourth-order valence-electron chi connectivity index (χ4n) is 5.28. The Morgan fingerprint density at radius 3 is 2.79 bits per heavy atom. The minimum atomic E-state index is -0.861. The normalized spacial score (nSPS) is 19.0. The molecule has 4 rings (SSSR count). The number of hydrogen-bond donors (Lipinski definition) is 2. The summed E-state index contributed by atoms with van der Waals surface area (Å²) in [5.74, 6) is -1.06. The summed E-state index contributed by atoms with van der Waals surface area (Å²) in [4.78, 5) is 18.2. The maximum absolute atomic E-state index is 14.8. The summed E-state index contributed by atoms with van der Waals surface area (Å²) in [6.07, 6.45) is 3.18. The van der Waals surface area contributed by atoms with Crippen LogP contribution in [-0.2, 0) is 4.79 Å². The van der Waals surface area contributed by atoms with Crippen LogP contribution in [0.4, 0.5) is 13.2 Å². The van der Waals surface area contributed by atoms with Gasteiger partial charge >= 0.3 is 5.97 Å². The number of aliphatic carboxylic acids is 1. The number of halogens is 3. The maximum Gasteiger partial charge on any atom is 0.303 e. The Balaban J connectivity index is 1.38. The summed E-state index contributed by atoms with van der Waals surface area (Å²) in [5, 5.41) is 10.1. The van der Waals surface area contributed by atoms with Gasteiger partial charge in [-0.05, 0) is 74.0 Å². The van der Waals surface area contributed by atoms with Crippen LogP contribution in [0.2, 0.25) is 0 Å². The summed E-state index contributed by atoms with van der Waals surface area (Å²) in [7, 11) is 1.54. The molecule has 0 amide bonds. The highest BCUT2D eigenvalue weighted by Crippen LogP contribution is 2.35. The summed E-state index contributed by atoms with van der Waals surface area (Å²) >= 11 is 1.25. The second-order valence-electron chi connectivity index (χ2n) is 9.72. The number of pyridine rings is 1. The molecule has 0 spiro atoms. The van der Waals surface area contributed by atoms with Gasteiger partial charge in [0.05, 0.1) is 18.8 Å². The average molecular weight is 548 g/mol. The van der Waals surface area contributed by atoms with Crippen molar-refractivity contribution in [2.45, 2.75) is 36.6 Å². The lowest BCUT2D eigenvalue weighted by atomic mass is 9.79. The Labute approximate surface area is 224 Å². The molecule has 3 atom stereocenters. The lowest BCUT2D eigenvalue weighted by Crippen LogP contribution is -2.42. The van der Waals surface area contributed by atoms with Gasteiger partial charge in [0, 0.05) is 47.2 Å². The van der Waals surface area contributed by atoms with E-state index in [9.17, 15) is 23.1 Å². The van der Waals surface area contributed by atoms with Crippen LogP contribution in [0.3, 0.4) is 0 Å². The highest BCUT2D eigenvalue weighted by molar-refractivity contribution is 7.99. The molecule has 0 bridgehead atoms. The number of thioether (sulfide) groups is 1. The topological polar surface area (TPSA) is 88.7 Å². The van der Waals surface area contributed by atoms with E-state index in [1.54, 1.807) is 25.3 Å². The van der Waals surface area contributed by atoms with Gasteiger partial charge in [-0.1, -0.05) is 0 Å². The molecule has 3 N–H and O–H groups in total. The number of nitrogens with two attached hydrogens (primary N) is 1. The van der Waals surface area contributed by atoms with E-state index >= 15 is 0 Å². The van der Waals surface area contributed by atoms with Gasteiger partial charge in [0.1, 0.15) is 23.2 Å². The first-order valence-electron chi connectivity index (χ1n) is 12.6. The molecule has 1 aliphatic heterocycles. The van der Waals surface area contributed by atoms with Crippen molar-refractivity contribution in [1.82, 2.24) is 9.88 Å². The quantitative estimate of drug-likeness (QED) is 0.300. The fourth-order valence-corrected chi connectivity index (χ4v) is 6.25. The smallest absolute Gasteiger partial charge is 0.303 e. The van der Waals surface area contributed by atoms with Crippen LogP contribution in [0.5, 0.6) is 5.75 Å². The van der Waals surface area contributed by atoms with Crippen molar-refractivity contribution >= 4 is 28.6 Å².